The van der Waals surface area contributed by atoms with Crippen molar-refractivity contribution in [3.63, 3.8) is 0 Å². The van der Waals surface area contributed by atoms with Gasteiger partial charge >= 0.3 is 0 Å². The second-order valence-corrected chi connectivity index (χ2v) is 8.02. The number of amides is 1. The molecule has 6 heteroatoms. The van der Waals surface area contributed by atoms with Gasteiger partial charge in [0, 0.05) is 35.3 Å². The molecule has 0 bridgehead atoms. The van der Waals surface area contributed by atoms with Crippen LogP contribution in [0.3, 0.4) is 0 Å². The molecule has 3 heterocycles. The van der Waals surface area contributed by atoms with Crippen molar-refractivity contribution in [1.29, 1.82) is 0 Å². The minimum absolute atomic E-state index is 0.109. The largest absolute Gasteiger partial charge is 0.357 e. The standard InChI is InChI=1S/C22H24N4OS/c1-16-14-21(26-11-3-2-4-12-26)25-20(24-16)15-23-22(27)18-9-7-17(8-10-18)19-6-5-13-28-19/h5-10,13-14H,2-4,11-12,15H2,1H3,(H,23,27). The Hall–Kier alpha value is -2.73. The van der Waals surface area contributed by atoms with E-state index >= 15 is 0 Å². The van der Waals surface area contributed by atoms with E-state index in [0.29, 0.717) is 17.9 Å². The molecular formula is C22H24N4OS. The number of hydrogen-bond donors (Lipinski definition) is 1. The highest BCUT2D eigenvalue weighted by atomic mass is 32.1. The molecule has 1 saturated heterocycles. The summed E-state index contributed by atoms with van der Waals surface area (Å²) in [6, 6.07) is 13.8. The van der Waals surface area contributed by atoms with Crippen LogP contribution in [0, 0.1) is 6.92 Å². The number of carbonyl (C=O) groups excluding carboxylic acids is 1. The van der Waals surface area contributed by atoms with Crippen molar-refractivity contribution < 1.29 is 4.79 Å². The lowest BCUT2D eigenvalue weighted by Crippen LogP contribution is -2.31. The Kier molecular flexibility index (Phi) is 5.67. The summed E-state index contributed by atoms with van der Waals surface area (Å²) >= 11 is 1.69. The van der Waals surface area contributed by atoms with Crippen molar-refractivity contribution in [1.82, 2.24) is 15.3 Å². The number of nitrogens with zero attached hydrogens (tertiary/aromatic N) is 3. The highest BCUT2D eigenvalue weighted by Crippen LogP contribution is 2.24. The maximum absolute atomic E-state index is 12.5. The Morgan fingerprint density at radius 1 is 1.11 bits per heavy atom. The zero-order chi connectivity index (χ0) is 19.3. The molecule has 3 aromatic rings. The van der Waals surface area contributed by atoms with Crippen LogP contribution in [-0.4, -0.2) is 29.0 Å². The maximum Gasteiger partial charge on any atom is 0.251 e. The van der Waals surface area contributed by atoms with Crippen molar-refractivity contribution in [2.45, 2.75) is 32.7 Å². The zero-order valence-electron chi connectivity index (χ0n) is 16.0. The quantitative estimate of drug-likeness (QED) is 0.698. The third-order valence-corrected chi connectivity index (χ3v) is 5.85. The van der Waals surface area contributed by atoms with Crippen LogP contribution < -0.4 is 10.2 Å². The topological polar surface area (TPSA) is 58.1 Å². The minimum Gasteiger partial charge on any atom is -0.357 e. The first-order chi connectivity index (χ1) is 13.7. The zero-order valence-corrected chi connectivity index (χ0v) is 16.8. The lowest BCUT2D eigenvalue weighted by molar-refractivity contribution is 0.0950. The fraction of sp³-hybridized carbons (Fsp3) is 0.318. The second-order valence-electron chi connectivity index (χ2n) is 7.07. The maximum atomic E-state index is 12.5. The molecule has 0 unspecified atom stereocenters. The number of aromatic nitrogens is 2. The molecule has 0 saturated carbocycles. The lowest BCUT2D eigenvalue weighted by Gasteiger charge is -2.28. The molecule has 0 spiro atoms. The van der Waals surface area contributed by atoms with E-state index in [2.05, 4.69) is 31.6 Å². The van der Waals surface area contributed by atoms with Gasteiger partial charge in [-0.1, -0.05) is 18.2 Å². The third-order valence-electron chi connectivity index (χ3n) is 4.93. The van der Waals surface area contributed by atoms with Crippen LogP contribution in [-0.2, 0) is 6.54 Å². The summed E-state index contributed by atoms with van der Waals surface area (Å²) in [4.78, 5) is 25.2. The summed E-state index contributed by atoms with van der Waals surface area (Å²) in [5, 5.41) is 5.00. The van der Waals surface area contributed by atoms with Crippen LogP contribution in [0.1, 0.15) is 41.1 Å². The molecule has 5 nitrogen and oxygen atoms in total. The molecule has 1 fully saturated rings. The molecule has 1 N–H and O–H groups in total. The molecule has 0 radical (unpaired) electrons. The number of carbonyl (C=O) groups is 1. The highest BCUT2D eigenvalue weighted by Gasteiger charge is 2.14. The van der Waals surface area contributed by atoms with Gasteiger partial charge in [0.2, 0.25) is 0 Å². The molecule has 1 amide bonds. The minimum atomic E-state index is -0.109. The van der Waals surface area contributed by atoms with Crippen molar-refractivity contribution in [3.8, 4) is 10.4 Å². The van der Waals surface area contributed by atoms with Gasteiger partial charge in [0.1, 0.15) is 11.6 Å². The number of piperidine rings is 1. The molecule has 0 aliphatic carbocycles. The van der Waals surface area contributed by atoms with Gasteiger partial charge in [0.25, 0.3) is 5.91 Å². The van der Waals surface area contributed by atoms with Crippen LogP contribution in [0.4, 0.5) is 5.82 Å². The Morgan fingerprint density at radius 3 is 2.61 bits per heavy atom. The van der Waals surface area contributed by atoms with E-state index in [4.69, 9.17) is 0 Å². The monoisotopic (exact) mass is 392 g/mol. The number of thiophene rings is 1. The Labute approximate surface area is 169 Å². The number of benzene rings is 1. The average Bonchev–Trinajstić information content (AvgIpc) is 3.27. The molecule has 2 aromatic heterocycles. The second kappa shape index (κ2) is 8.52. The van der Waals surface area contributed by atoms with Crippen LogP contribution in [0.5, 0.6) is 0 Å². The lowest BCUT2D eigenvalue weighted by atomic mass is 10.1. The molecule has 1 aliphatic rings. The van der Waals surface area contributed by atoms with E-state index in [9.17, 15) is 4.79 Å². The number of nitrogens with one attached hydrogen (secondary N) is 1. The number of anilines is 1. The van der Waals surface area contributed by atoms with Crippen LogP contribution >= 0.6 is 11.3 Å². The molecule has 0 atom stereocenters. The molecular weight excluding hydrogens is 368 g/mol. The van der Waals surface area contributed by atoms with Crippen LogP contribution in [0.2, 0.25) is 0 Å². The van der Waals surface area contributed by atoms with Gasteiger partial charge in [-0.2, -0.15) is 0 Å². The number of hydrogen-bond acceptors (Lipinski definition) is 5. The normalized spacial score (nSPS) is 14.1. The predicted molar refractivity (Wildman–Crippen MR) is 114 cm³/mol. The van der Waals surface area contributed by atoms with Crippen molar-refractivity contribution >= 4 is 23.1 Å². The number of aryl methyl sites for hydroxylation is 1. The summed E-state index contributed by atoms with van der Waals surface area (Å²) in [6.07, 6.45) is 3.70. The van der Waals surface area contributed by atoms with Gasteiger partial charge in [-0.05, 0) is 55.3 Å². The average molecular weight is 393 g/mol. The molecule has 144 valence electrons. The van der Waals surface area contributed by atoms with E-state index < -0.39 is 0 Å². The summed E-state index contributed by atoms with van der Waals surface area (Å²) < 4.78 is 0. The van der Waals surface area contributed by atoms with Gasteiger partial charge in [0.05, 0.1) is 6.54 Å². The summed E-state index contributed by atoms with van der Waals surface area (Å²) in [6.45, 7) is 4.38. The number of rotatable bonds is 5. The van der Waals surface area contributed by atoms with E-state index in [1.807, 2.05) is 43.3 Å². The van der Waals surface area contributed by atoms with Crippen molar-refractivity contribution in [3.05, 3.63) is 64.9 Å². The van der Waals surface area contributed by atoms with Crippen molar-refractivity contribution in [2.24, 2.45) is 0 Å². The third kappa shape index (κ3) is 4.39. The Balaban J connectivity index is 1.41. The summed E-state index contributed by atoms with van der Waals surface area (Å²) in [5.41, 5.74) is 2.70. The first-order valence-electron chi connectivity index (χ1n) is 9.71. The smallest absolute Gasteiger partial charge is 0.251 e. The van der Waals surface area contributed by atoms with E-state index in [-0.39, 0.29) is 5.91 Å². The van der Waals surface area contributed by atoms with Gasteiger partial charge in [0.15, 0.2) is 0 Å². The SMILES string of the molecule is Cc1cc(N2CCCCC2)nc(CNC(=O)c2ccc(-c3cccs3)cc2)n1. The molecule has 1 aromatic carbocycles. The van der Waals surface area contributed by atoms with Gasteiger partial charge < -0.3 is 10.2 Å². The Morgan fingerprint density at radius 2 is 1.89 bits per heavy atom. The fourth-order valence-corrected chi connectivity index (χ4v) is 4.20. The van der Waals surface area contributed by atoms with E-state index in [1.54, 1.807) is 11.3 Å². The summed E-state index contributed by atoms with van der Waals surface area (Å²) in [7, 11) is 0. The van der Waals surface area contributed by atoms with E-state index in [1.165, 1.54) is 24.1 Å². The van der Waals surface area contributed by atoms with E-state index in [0.717, 1.165) is 30.2 Å². The molecule has 28 heavy (non-hydrogen) atoms. The van der Waals surface area contributed by atoms with Gasteiger partial charge in [-0.25, -0.2) is 9.97 Å². The Bertz CT molecular complexity index is 932. The highest BCUT2D eigenvalue weighted by molar-refractivity contribution is 7.13. The van der Waals surface area contributed by atoms with Gasteiger partial charge in [-0.15, -0.1) is 11.3 Å². The first-order valence-corrected chi connectivity index (χ1v) is 10.6. The summed E-state index contributed by atoms with van der Waals surface area (Å²) in [5.74, 6) is 1.52. The first kappa shape index (κ1) is 18.6. The molecule has 4 rings (SSSR count). The fourth-order valence-electron chi connectivity index (χ4n) is 3.47. The van der Waals surface area contributed by atoms with Crippen LogP contribution in [0.25, 0.3) is 10.4 Å². The predicted octanol–water partition coefficient (Wildman–Crippen LogP) is 4.43. The molecule has 1 aliphatic heterocycles. The van der Waals surface area contributed by atoms with Gasteiger partial charge in [-0.3, -0.25) is 4.79 Å². The van der Waals surface area contributed by atoms with Crippen molar-refractivity contribution in [2.75, 3.05) is 18.0 Å². The van der Waals surface area contributed by atoms with Crippen LogP contribution in [0.15, 0.2) is 47.8 Å².